The number of carbonyl (C=O) groups excluding carboxylic acids is 1. The molecular formula is C32H37F3N4O5S. The average molecular weight is 647 g/mol. The molecule has 2 heterocycles. The largest absolute Gasteiger partial charge is 0.465 e. The van der Waals surface area contributed by atoms with Gasteiger partial charge in [-0.1, -0.05) is 42.5 Å². The van der Waals surface area contributed by atoms with Crippen molar-refractivity contribution in [3.8, 4) is 0 Å². The van der Waals surface area contributed by atoms with Crippen molar-refractivity contribution in [3.05, 3.63) is 89.7 Å². The van der Waals surface area contributed by atoms with Crippen LogP contribution in [0.2, 0.25) is 0 Å². The number of likely N-dealkylation sites (tertiary alicyclic amines) is 1. The maximum atomic E-state index is 13.9. The first-order chi connectivity index (χ1) is 21.3. The molecule has 1 N–H and O–H groups in total. The lowest BCUT2D eigenvalue weighted by atomic mass is 9.98. The molecule has 1 atom stereocenters. The quantitative estimate of drug-likeness (QED) is 0.286. The summed E-state index contributed by atoms with van der Waals surface area (Å²) in [6.07, 6.45) is -1.45. The number of benzene rings is 2. The molecule has 0 radical (unpaired) electrons. The van der Waals surface area contributed by atoms with E-state index in [0.717, 1.165) is 35.2 Å². The Morgan fingerprint density at radius 2 is 1.69 bits per heavy atom. The number of sulfone groups is 1. The van der Waals surface area contributed by atoms with E-state index < -0.39 is 39.4 Å². The molecule has 2 aromatic carbocycles. The molecule has 1 aromatic heterocycles. The topological polar surface area (TPSA) is 111 Å². The number of aromatic nitrogens is 1. The third-order valence-electron chi connectivity index (χ3n) is 8.15. The number of likely N-dealkylation sites (N-methyl/N-ethyl adjacent to an activating group) is 1. The predicted molar refractivity (Wildman–Crippen MR) is 164 cm³/mol. The number of carbonyl (C=O) groups is 2. The first-order valence-electron chi connectivity index (χ1n) is 14.7. The third-order valence-corrected chi connectivity index (χ3v) is 9.28. The highest BCUT2D eigenvalue weighted by Gasteiger charge is 2.39. The van der Waals surface area contributed by atoms with Gasteiger partial charge in [-0.05, 0) is 55.5 Å². The minimum Gasteiger partial charge on any atom is -0.465 e. The van der Waals surface area contributed by atoms with Gasteiger partial charge in [-0.25, -0.2) is 13.2 Å². The van der Waals surface area contributed by atoms with Crippen LogP contribution in [0.4, 0.5) is 23.7 Å². The molecule has 2 amide bonds. The van der Waals surface area contributed by atoms with E-state index in [2.05, 4.69) is 9.88 Å². The fourth-order valence-corrected chi connectivity index (χ4v) is 6.50. The molecule has 1 aliphatic rings. The Balaban J connectivity index is 1.43. The predicted octanol–water partition coefficient (Wildman–Crippen LogP) is 5.68. The van der Waals surface area contributed by atoms with Gasteiger partial charge in [0.25, 0.3) is 0 Å². The number of nitrogens with zero attached hydrogens (tertiary/aromatic N) is 4. The van der Waals surface area contributed by atoms with Gasteiger partial charge in [-0.15, -0.1) is 0 Å². The Labute approximate surface area is 261 Å². The van der Waals surface area contributed by atoms with Gasteiger partial charge in [0, 0.05) is 44.7 Å². The van der Waals surface area contributed by atoms with Crippen molar-refractivity contribution in [1.29, 1.82) is 0 Å². The number of piperidine rings is 1. The van der Waals surface area contributed by atoms with Gasteiger partial charge in [0.2, 0.25) is 5.91 Å². The number of hydrogen-bond donors (Lipinski definition) is 1. The summed E-state index contributed by atoms with van der Waals surface area (Å²) in [7, 11) is -3.33. The lowest BCUT2D eigenvalue weighted by Gasteiger charge is -2.39. The Bertz CT molecular complexity index is 1560. The lowest BCUT2D eigenvalue weighted by molar-refractivity contribution is -0.137. The summed E-state index contributed by atoms with van der Waals surface area (Å²) in [6.45, 7) is 4.13. The second kappa shape index (κ2) is 14.4. The Hall–Kier alpha value is -3.97. The van der Waals surface area contributed by atoms with Gasteiger partial charge >= 0.3 is 12.3 Å². The first kappa shape index (κ1) is 33.9. The van der Waals surface area contributed by atoms with Gasteiger partial charge in [0.1, 0.15) is 0 Å². The highest BCUT2D eigenvalue weighted by atomic mass is 32.2. The molecule has 9 nitrogen and oxygen atoms in total. The number of pyridine rings is 1. The molecule has 242 valence electrons. The second-order valence-electron chi connectivity index (χ2n) is 11.1. The molecule has 0 aliphatic carbocycles. The number of hydrogen-bond acceptors (Lipinski definition) is 6. The minimum atomic E-state index is -4.77. The summed E-state index contributed by atoms with van der Waals surface area (Å²) in [4.78, 5) is 34.4. The van der Waals surface area contributed by atoms with Gasteiger partial charge < -0.3 is 14.9 Å². The standard InChI is InChI=1S/C32H37F3N4O5S/c1-3-38(30(40)21-23-9-11-26(12-10-23)45(2,43)44)25-14-18-37(19-15-25)20-16-28(24-7-5-4-6-8-24)39(31(41)42)29-22-36-17-13-27(29)32(33,34)35/h4-13,17,22,25,28H,3,14-16,18-21H2,1-2H3,(H,41,42)/t28-/m0/s1. The minimum absolute atomic E-state index is 0.000724. The maximum absolute atomic E-state index is 13.9. The number of carboxylic acid groups (broad SMARTS) is 1. The van der Waals surface area contributed by atoms with Gasteiger partial charge in [-0.2, -0.15) is 13.2 Å². The van der Waals surface area contributed by atoms with Crippen molar-refractivity contribution in [2.75, 3.05) is 37.3 Å². The monoisotopic (exact) mass is 646 g/mol. The number of amides is 2. The molecule has 3 aromatic rings. The van der Waals surface area contributed by atoms with Crippen LogP contribution in [0.25, 0.3) is 0 Å². The number of rotatable bonds is 11. The molecule has 13 heteroatoms. The zero-order valence-corrected chi connectivity index (χ0v) is 26.0. The lowest BCUT2D eigenvalue weighted by Crippen LogP contribution is -2.48. The van der Waals surface area contributed by atoms with E-state index in [1.165, 1.54) is 12.1 Å². The highest BCUT2D eigenvalue weighted by molar-refractivity contribution is 7.90. The van der Waals surface area contributed by atoms with Crippen molar-refractivity contribution in [2.45, 2.75) is 55.8 Å². The smallest absolute Gasteiger partial charge is 0.418 e. The van der Waals surface area contributed by atoms with Crippen LogP contribution in [-0.2, 0) is 27.2 Å². The van der Waals surface area contributed by atoms with Gasteiger partial charge in [-0.3, -0.25) is 14.7 Å². The zero-order chi connectivity index (χ0) is 32.8. The van der Waals surface area contributed by atoms with Crippen molar-refractivity contribution >= 4 is 27.5 Å². The molecule has 45 heavy (non-hydrogen) atoms. The van der Waals surface area contributed by atoms with Crippen LogP contribution in [0.5, 0.6) is 0 Å². The average Bonchev–Trinajstić information content (AvgIpc) is 3.00. The van der Waals surface area contributed by atoms with Crippen LogP contribution in [-0.4, -0.2) is 78.8 Å². The van der Waals surface area contributed by atoms with Crippen molar-refractivity contribution in [3.63, 3.8) is 0 Å². The van der Waals surface area contributed by atoms with Crippen molar-refractivity contribution in [1.82, 2.24) is 14.8 Å². The first-order valence-corrected chi connectivity index (χ1v) is 16.6. The molecule has 1 saturated heterocycles. The SMILES string of the molecule is CCN(C(=O)Cc1ccc(S(C)(=O)=O)cc1)C1CCN(CC[C@@H](c2ccccc2)N(C(=O)O)c2cnccc2C(F)(F)F)CC1. The van der Waals surface area contributed by atoms with Crippen LogP contribution in [0.1, 0.15) is 48.9 Å². The third kappa shape index (κ3) is 8.60. The van der Waals surface area contributed by atoms with Crippen LogP contribution in [0, 0.1) is 0 Å². The fraction of sp³-hybridized carbons (Fsp3) is 0.406. The van der Waals surface area contributed by atoms with Crippen LogP contribution >= 0.6 is 0 Å². The van der Waals surface area contributed by atoms with Crippen LogP contribution in [0.15, 0.2) is 78.0 Å². The fourth-order valence-electron chi connectivity index (χ4n) is 5.87. The van der Waals surface area contributed by atoms with Crippen LogP contribution < -0.4 is 4.90 Å². The molecule has 0 unspecified atom stereocenters. The Morgan fingerprint density at radius 1 is 1.04 bits per heavy atom. The maximum Gasteiger partial charge on any atom is 0.418 e. The molecule has 1 aliphatic heterocycles. The van der Waals surface area contributed by atoms with E-state index in [-0.39, 0.29) is 29.7 Å². The van der Waals surface area contributed by atoms with Crippen molar-refractivity contribution < 1.29 is 36.3 Å². The molecule has 0 bridgehead atoms. The number of anilines is 1. The van der Waals surface area contributed by atoms with E-state index >= 15 is 0 Å². The normalized spacial score (nSPS) is 15.4. The molecule has 0 saturated carbocycles. The summed E-state index contributed by atoms with van der Waals surface area (Å²) in [6, 6.07) is 14.8. The zero-order valence-electron chi connectivity index (χ0n) is 25.2. The van der Waals surface area contributed by atoms with Gasteiger partial charge in [0.15, 0.2) is 9.84 Å². The Morgan fingerprint density at radius 3 is 2.24 bits per heavy atom. The van der Waals surface area contributed by atoms with E-state index in [4.69, 9.17) is 0 Å². The summed E-state index contributed by atoms with van der Waals surface area (Å²) in [5, 5.41) is 10.2. The van der Waals surface area contributed by atoms with E-state index in [9.17, 15) is 36.3 Å². The van der Waals surface area contributed by atoms with E-state index in [1.807, 2.05) is 11.8 Å². The number of halogens is 3. The number of alkyl halides is 3. The van der Waals surface area contributed by atoms with E-state index in [0.29, 0.717) is 44.6 Å². The molecular weight excluding hydrogens is 609 g/mol. The van der Waals surface area contributed by atoms with Crippen LogP contribution in [0.3, 0.4) is 0 Å². The Kier molecular flexibility index (Phi) is 10.9. The molecule has 4 rings (SSSR count). The second-order valence-corrected chi connectivity index (χ2v) is 13.1. The van der Waals surface area contributed by atoms with E-state index in [1.54, 1.807) is 42.5 Å². The van der Waals surface area contributed by atoms with Gasteiger partial charge in [0.05, 0.1) is 34.8 Å². The summed E-state index contributed by atoms with van der Waals surface area (Å²) < 4.78 is 65.1. The van der Waals surface area contributed by atoms with Crippen molar-refractivity contribution in [2.24, 2.45) is 0 Å². The highest BCUT2D eigenvalue weighted by Crippen LogP contribution is 2.40. The summed E-state index contributed by atoms with van der Waals surface area (Å²) in [5.74, 6) is -0.0544. The molecule has 1 fully saturated rings. The summed E-state index contributed by atoms with van der Waals surface area (Å²) >= 11 is 0. The summed E-state index contributed by atoms with van der Waals surface area (Å²) in [5.41, 5.74) is -0.301. The molecule has 0 spiro atoms.